The van der Waals surface area contributed by atoms with Crippen molar-refractivity contribution in [3.8, 4) is 0 Å². The Morgan fingerprint density at radius 3 is 1.28 bits per heavy atom. The number of rotatable bonds is 53. The summed E-state index contributed by atoms with van der Waals surface area (Å²) >= 11 is 0. The number of aliphatic hydroxyl groups is 4. The van der Waals surface area contributed by atoms with Crippen LogP contribution in [0, 0.1) is 5.41 Å². The van der Waals surface area contributed by atoms with E-state index in [0.717, 1.165) is 39.5 Å². The molecule has 690 valence electrons. The molecule has 18 amide bonds. The number of amides is 18. The van der Waals surface area contributed by atoms with Gasteiger partial charge in [0.2, 0.25) is 106 Å². The lowest BCUT2D eigenvalue weighted by atomic mass is 10.0. The first-order valence-corrected chi connectivity index (χ1v) is 39.8. The number of hydrogen-bond donors (Lipinski definition) is 27. The molecule has 0 spiro atoms. The average Bonchev–Trinajstić information content (AvgIpc) is 1.66. The molecule has 1 aliphatic rings. The SMILES string of the molecule is C[C@H](NC(=O)[C@H](C)NC(=O)[C@@H](NC(=O)[C@H](CCC(N)=O)NC(=O)CNC(=O)[C@H](CO)NC(=O)[C@@H]1CCCN1C(=O)[C@H](Cc1ccccc1)NC(=O)CNC(=O)[C@H](CO)NC(=O)[C@H](CC(N)=O)NC(=O)[C@@H](N)Cc1ccccc1)[C@@H](C)O)C(=O)N[C@@H](C)C(=O)N[C@H](C(=O)N[C@@H](Cc1ccccc1)C(=O)N[C@@H](CC(=O)O)C(=O)N[C@@H](CCCNC(=N)N)C(=O)O)[C@@H](C)O. The van der Waals surface area contributed by atoms with Gasteiger partial charge in [-0.1, -0.05) is 91.0 Å². The van der Waals surface area contributed by atoms with Gasteiger partial charge < -0.3 is 144 Å². The van der Waals surface area contributed by atoms with E-state index in [1.165, 1.54) is 0 Å². The van der Waals surface area contributed by atoms with Gasteiger partial charge in [0.05, 0.1) is 57.4 Å². The van der Waals surface area contributed by atoms with Crippen LogP contribution in [0.1, 0.15) is 103 Å². The molecule has 1 saturated heterocycles. The van der Waals surface area contributed by atoms with Crippen LogP contribution in [0.15, 0.2) is 91.0 Å². The maximum Gasteiger partial charge on any atom is 0.326 e. The first-order chi connectivity index (χ1) is 59.4. The normalized spacial score (nSPS) is 16.0. The number of benzene rings is 3. The maximum absolute atomic E-state index is 14.5. The number of nitrogens with one attached hydrogen (secondary N) is 17. The number of nitrogens with zero attached hydrogens (tertiary/aromatic N) is 1. The maximum atomic E-state index is 14.5. The van der Waals surface area contributed by atoms with Crippen molar-refractivity contribution in [1.82, 2.24) is 90.0 Å². The molecule has 1 heterocycles. The second-order valence-electron chi connectivity index (χ2n) is 29.5. The van der Waals surface area contributed by atoms with Crippen molar-refractivity contribution < 1.29 is 127 Å². The topological polar surface area (TPSA) is 786 Å². The van der Waals surface area contributed by atoms with Gasteiger partial charge in [-0.3, -0.25) is 96.5 Å². The van der Waals surface area contributed by atoms with E-state index in [9.17, 15) is 127 Å². The van der Waals surface area contributed by atoms with Crippen LogP contribution in [0.2, 0.25) is 0 Å². The standard InChI is InChI=1S/C78H112N22O26/c1-38(63(111)88-40(3)65(113)98-62(42(5)104)75(123)95-49(30-44-19-11-7-12-20-44)70(118)94-51(33-60(109)110)72(120)92-48(77(125)126)23-15-27-84-78(82)83)87-64(112)39(2)89-74(122)61(41(4)103)99-69(117)47(25-26-56(80)105)90-58(107)34-85-68(116)54(37-102)97-73(121)55-24-16-28-100(55)76(124)52(31-45-21-13-8-14-22-45)91-59(108)35-86-67(115)53(36-101)96-71(119)50(32-57(81)106)93-66(114)46(79)29-43-17-9-6-10-18-43/h6-14,17-22,38-42,46-55,61-62,101-104H,15-16,23-37,79H2,1-5H3,(H2,80,105)(H2,81,106)(H,85,116)(H,86,115)(H,87,112)(H,88,111)(H,89,122)(H,90,107)(H,91,108)(H,92,120)(H,93,114)(H,94,118)(H,95,123)(H,96,119)(H,97,121)(H,98,113)(H,99,117)(H,109,110)(H,125,126)(H4,82,83,84)/t38-,39-,40-,41+,42+,46-,47-,48-,49-,50-,51-,52-,53-,54-,55-,61-,62-/m0/s1. The Hall–Kier alpha value is -13.9. The summed E-state index contributed by atoms with van der Waals surface area (Å²) in [4.78, 5) is 267. The number of aliphatic hydroxyl groups excluding tert-OH is 4. The number of likely N-dealkylation sites (tertiary alicyclic amines) is 1. The Kier molecular flexibility index (Phi) is 43.6. The monoisotopic (exact) mass is 1770 g/mol. The lowest BCUT2D eigenvalue weighted by Gasteiger charge is -2.30. The van der Waals surface area contributed by atoms with E-state index in [1.807, 2.05) is 0 Å². The molecule has 1 fully saturated rings. The molecule has 0 aliphatic carbocycles. The second kappa shape index (κ2) is 52.6. The number of nitrogens with two attached hydrogens (primary N) is 4. The minimum atomic E-state index is -1.93. The minimum Gasteiger partial charge on any atom is -0.481 e. The van der Waals surface area contributed by atoms with Crippen LogP contribution < -0.4 is 108 Å². The highest BCUT2D eigenvalue weighted by Gasteiger charge is 2.42. The average molecular weight is 1770 g/mol. The summed E-state index contributed by atoms with van der Waals surface area (Å²) in [7, 11) is 0. The number of carbonyl (C=O) groups is 20. The predicted octanol–water partition coefficient (Wildman–Crippen LogP) is -11.7. The highest BCUT2D eigenvalue weighted by Crippen LogP contribution is 2.21. The first kappa shape index (κ1) is 104. The molecule has 17 atom stereocenters. The van der Waals surface area contributed by atoms with Crippen LogP contribution in [0.5, 0.6) is 0 Å². The van der Waals surface area contributed by atoms with Gasteiger partial charge in [-0.05, 0) is 89.8 Å². The van der Waals surface area contributed by atoms with E-state index in [-0.39, 0.29) is 58.0 Å². The van der Waals surface area contributed by atoms with Gasteiger partial charge in [0.1, 0.15) is 84.6 Å². The Morgan fingerprint density at radius 2 is 0.817 bits per heavy atom. The van der Waals surface area contributed by atoms with Crippen molar-refractivity contribution in [2.45, 2.75) is 208 Å². The van der Waals surface area contributed by atoms with Crippen molar-refractivity contribution >= 4 is 124 Å². The van der Waals surface area contributed by atoms with Crippen molar-refractivity contribution in [1.29, 1.82) is 5.41 Å². The molecule has 0 aromatic heterocycles. The van der Waals surface area contributed by atoms with Crippen molar-refractivity contribution in [3.05, 3.63) is 108 Å². The highest BCUT2D eigenvalue weighted by atomic mass is 16.4. The second-order valence-corrected chi connectivity index (χ2v) is 29.5. The Morgan fingerprint density at radius 1 is 0.421 bits per heavy atom. The third kappa shape index (κ3) is 36.3. The number of guanidine groups is 1. The molecule has 31 N–H and O–H groups in total. The molecule has 126 heavy (non-hydrogen) atoms. The minimum absolute atomic E-state index is 0.00432. The van der Waals surface area contributed by atoms with E-state index in [4.69, 9.17) is 28.3 Å². The fourth-order valence-electron chi connectivity index (χ4n) is 12.3. The first-order valence-electron chi connectivity index (χ1n) is 39.8. The van der Waals surface area contributed by atoms with Gasteiger partial charge in [0, 0.05) is 32.4 Å². The fourth-order valence-corrected chi connectivity index (χ4v) is 12.3. The molecule has 48 heteroatoms. The smallest absolute Gasteiger partial charge is 0.326 e. The van der Waals surface area contributed by atoms with Crippen LogP contribution in [0.4, 0.5) is 0 Å². The summed E-state index contributed by atoms with van der Waals surface area (Å²) in [5.41, 5.74) is 23.6. The predicted molar refractivity (Wildman–Crippen MR) is 440 cm³/mol. The van der Waals surface area contributed by atoms with Gasteiger partial charge in [-0.2, -0.15) is 0 Å². The van der Waals surface area contributed by atoms with Crippen LogP contribution in [-0.4, -0.2) is 302 Å². The number of hydrogen-bond acceptors (Lipinski definition) is 26. The lowest BCUT2D eigenvalue weighted by molar-refractivity contribution is -0.144. The van der Waals surface area contributed by atoms with Crippen molar-refractivity contribution in [2.24, 2.45) is 22.9 Å². The van der Waals surface area contributed by atoms with Crippen molar-refractivity contribution in [3.63, 3.8) is 0 Å². The van der Waals surface area contributed by atoms with Gasteiger partial charge in [-0.25, -0.2) is 4.79 Å². The number of aliphatic carboxylic acids is 2. The lowest BCUT2D eigenvalue weighted by Crippen LogP contribution is -2.62. The zero-order valence-electron chi connectivity index (χ0n) is 69.6. The van der Waals surface area contributed by atoms with Crippen LogP contribution in [0.25, 0.3) is 0 Å². The molecule has 3 aromatic rings. The van der Waals surface area contributed by atoms with E-state index < -0.39 is 279 Å². The summed E-state index contributed by atoms with van der Waals surface area (Å²) in [6.45, 7) is 1.50. The molecule has 4 rings (SSSR count). The van der Waals surface area contributed by atoms with E-state index in [1.54, 1.807) is 91.0 Å². The quantitative estimate of drug-likeness (QED) is 0.0142. The summed E-state index contributed by atoms with van der Waals surface area (Å²) in [5.74, 6) is -23.0. The largest absolute Gasteiger partial charge is 0.481 e. The van der Waals surface area contributed by atoms with Gasteiger partial charge >= 0.3 is 11.9 Å². The molecule has 1 aliphatic heterocycles. The third-order valence-corrected chi connectivity index (χ3v) is 19.1. The number of carboxylic acids is 2. The van der Waals surface area contributed by atoms with Crippen LogP contribution >= 0.6 is 0 Å². The molecular formula is C78H112N22O26. The molecule has 3 aromatic carbocycles. The number of primary amides is 2. The van der Waals surface area contributed by atoms with Crippen molar-refractivity contribution in [2.75, 3.05) is 39.4 Å². The van der Waals surface area contributed by atoms with Gasteiger partial charge in [0.15, 0.2) is 5.96 Å². The number of carboxylic acid groups (broad SMARTS) is 2. The van der Waals surface area contributed by atoms with Gasteiger partial charge in [0.25, 0.3) is 0 Å². The summed E-state index contributed by atoms with van der Waals surface area (Å²) in [6.07, 6.45) is -6.87. The van der Waals surface area contributed by atoms with Crippen LogP contribution in [-0.2, 0) is 115 Å². The Labute approximate surface area is 721 Å². The summed E-state index contributed by atoms with van der Waals surface area (Å²) in [5, 5.41) is 105. The summed E-state index contributed by atoms with van der Waals surface area (Å²) < 4.78 is 0. The third-order valence-electron chi connectivity index (χ3n) is 19.1. The zero-order valence-corrected chi connectivity index (χ0v) is 69.6. The molecule has 0 bridgehead atoms. The highest BCUT2D eigenvalue weighted by molar-refractivity contribution is 6.02. The zero-order chi connectivity index (χ0) is 94.2. The molecule has 0 radical (unpaired) electrons. The van der Waals surface area contributed by atoms with Crippen LogP contribution in [0.3, 0.4) is 0 Å². The fraction of sp³-hybridized carbons (Fsp3) is 0.500. The molecular weight excluding hydrogens is 1660 g/mol. The molecule has 0 unspecified atom stereocenters. The Bertz CT molecular complexity index is 4340. The van der Waals surface area contributed by atoms with E-state index in [2.05, 4.69) is 85.1 Å². The van der Waals surface area contributed by atoms with E-state index >= 15 is 0 Å². The molecule has 48 nitrogen and oxygen atoms in total. The Balaban J connectivity index is 1.34. The number of carbonyl (C=O) groups excluding carboxylic acids is 18. The van der Waals surface area contributed by atoms with E-state index in [0.29, 0.717) is 16.7 Å². The van der Waals surface area contributed by atoms with Gasteiger partial charge in [-0.15, -0.1) is 0 Å². The summed E-state index contributed by atoms with van der Waals surface area (Å²) in [6, 6.07) is 0.0195. The molecule has 0 saturated carbocycles.